The van der Waals surface area contributed by atoms with Gasteiger partial charge >= 0.3 is 0 Å². The van der Waals surface area contributed by atoms with Gasteiger partial charge in [-0.05, 0) is 100 Å². The van der Waals surface area contributed by atoms with Crippen molar-refractivity contribution >= 4 is 140 Å². The zero-order valence-corrected chi connectivity index (χ0v) is 50.3. The Kier molecular flexibility index (Phi) is 13.3. The van der Waals surface area contributed by atoms with Crippen LogP contribution >= 0.6 is 11.3 Å². The van der Waals surface area contributed by atoms with E-state index < -0.39 is 0 Å². The Bertz CT molecular complexity index is 6380. The van der Waals surface area contributed by atoms with E-state index >= 15 is 0 Å². The number of para-hydroxylation sites is 5. The summed E-state index contributed by atoms with van der Waals surface area (Å²) < 4.78 is 9.44. The van der Waals surface area contributed by atoms with Gasteiger partial charge in [-0.1, -0.05) is 251 Å². The molecule has 20 rings (SSSR count). The summed E-state index contributed by atoms with van der Waals surface area (Å²) in [6, 6.07) is 110. The number of fused-ring (bicyclic) bond motifs is 20. The van der Waals surface area contributed by atoms with E-state index in [9.17, 15) is 0 Å². The van der Waals surface area contributed by atoms with Crippen molar-refractivity contribution in [3.63, 3.8) is 0 Å². The molecule has 0 amide bonds. The molecule has 7 nitrogen and oxygen atoms in total. The Morgan fingerprint density at radius 2 is 0.723 bits per heavy atom. The first kappa shape index (κ1) is 55.9. The molecule has 0 atom stereocenters. The SMILES string of the molecule is C.C.c1ccc(-c2nc(-n3c4ccccc4c4c5ccccc5c5c6ccccc6sc5c43)nc3c2ccc2ccccc23)cc1.c1ccc(-c2nc(-n3c4ccccc4c4cc(-c5ccc6c(c5)c5ccccc5n6-c5ccccc5)ccc43)nc3ccccc23)cc1. The van der Waals surface area contributed by atoms with Crippen molar-refractivity contribution in [2.75, 3.05) is 0 Å². The molecule has 0 bridgehead atoms. The maximum Gasteiger partial charge on any atom is 0.235 e. The molecule has 20 aromatic rings. The maximum atomic E-state index is 5.43. The van der Waals surface area contributed by atoms with E-state index in [2.05, 4.69) is 311 Å². The molecule has 444 valence electrons. The van der Waals surface area contributed by atoms with Gasteiger partial charge in [-0.25, -0.2) is 19.9 Å². The van der Waals surface area contributed by atoms with Gasteiger partial charge in [0.15, 0.2) is 0 Å². The summed E-state index contributed by atoms with van der Waals surface area (Å²) in [5, 5.41) is 16.8. The van der Waals surface area contributed by atoms with Crippen LogP contribution in [0.5, 0.6) is 0 Å². The lowest BCUT2D eigenvalue weighted by molar-refractivity contribution is 1.01. The molecule has 0 N–H and O–H groups in total. The van der Waals surface area contributed by atoms with Crippen molar-refractivity contribution in [2.24, 2.45) is 0 Å². The summed E-state index contributed by atoms with van der Waals surface area (Å²) in [6.45, 7) is 0. The molecule has 0 aliphatic rings. The quantitative estimate of drug-likeness (QED) is 0.156. The number of hydrogen-bond donors (Lipinski definition) is 0. The maximum absolute atomic E-state index is 5.43. The lowest BCUT2D eigenvalue weighted by atomic mass is 9.99. The molecule has 0 saturated carbocycles. The fourth-order valence-electron chi connectivity index (χ4n) is 14.5. The lowest BCUT2D eigenvalue weighted by Gasteiger charge is -2.14. The lowest BCUT2D eigenvalue weighted by Crippen LogP contribution is -2.04. The third-order valence-electron chi connectivity index (χ3n) is 18.5. The van der Waals surface area contributed by atoms with Crippen LogP contribution in [0.4, 0.5) is 0 Å². The molecular formula is C86H59N7S. The first-order valence-corrected chi connectivity index (χ1v) is 31.9. The predicted molar refractivity (Wildman–Crippen MR) is 400 cm³/mol. The van der Waals surface area contributed by atoms with Crippen molar-refractivity contribution < 1.29 is 0 Å². The van der Waals surface area contributed by atoms with Crippen LogP contribution in [-0.2, 0) is 0 Å². The van der Waals surface area contributed by atoms with Gasteiger partial charge in [0.2, 0.25) is 11.9 Å². The average molecular weight is 1220 g/mol. The van der Waals surface area contributed by atoms with Gasteiger partial charge in [-0.3, -0.25) is 9.13 Å². The number of nitrogens with zero attached hydrogens (tertiary/aromatic N) is 7. The monoisotopic (exact) mass is 1220 g/mol. The zero-order valence-electron chi connectivity index (χ0n) is 49.5. The van der Waals surface area contributed by atoms with E-state index in [1.807, 2.05) is 23.5 Å². The number of aromatic nitrogens is 7. The van der Waals surface area contributed by atoms with Crippen molar-refractivity contribution in [3.8, 4) is 51.2 Å². The van der Waals surface area contributed by atoms with Gasteiger partial charge < -0.3 is 4.57 Å². The standard InChI is InChI=1S/C44H28N4.C40H23N3S.2CH4/c1-3-13-29(14-4-1)43-35-19-7-10-20-38(35)45-44(46-43)48-40-22-12-9-18-34(40)37-28-31(24-26-42(37)48)30-23-25-41-36(27-30)33-17-8-11-21-39(33)47(41)32-15-5-2-6-16-32;1-2-13-25(14-3-1)36-31-23-22-24-12-4-5-15-26(24)37(31)42-40(41-36)43-32-20-10-8-18-29(32)34-27-16-6-7-17-28(27)35-30-19-9-11-21-33(30)44-39(35)38(34)43;;/h1-28H;1-23H;2*1H4. The fourth-order valence-corrected chi connectivity index (χ4v) is 15.7. The second-order valence-electron chi connectivity index (χ2n) is 23.6. The molecule has 8 heteroatoms. The Morgan fingerprint density at radius 1 is 0.266 bits per heavy atom. The van der Waals surface area contributed by atoms with Gasteiger partial charge in [0.25, 0.3) is 0 Å². The van der Waals surface area contributed by atoms with Crippen LogP contribution in [0.15, 0.2) is 309 Å². The minimum absolute atomic E-state index is 0. The van der Waals surface area contributed by atoms with Crippen LogP contribution in [0.2, 0.25) is 0 Å². The number of hydrogen-bond acceptors (Lipinski definition) is 5. The van der Waals surface area contributed by atoms with Crippen LogP contribution in [0.3, 0.4) is 0 Å². The smallest absolute Gasteiger partial charge is 0.235 e. The van der Waals surface area contributed by atoms with Gasteiger partial charge in [0.1, 0.15) is 0 Å². The molecule has 0 saturated heterocycles. The van der Waals surface area contributed by atoms with E-state index in [0.717, 1.165) is 71.9 Å². The van der Waals surface area contributed by atoms with Crippen molar-refractivity contribution in [1.82, 2.24) is 33.6 Å². The minimum Gasteiger partial charge on any atom is -0.309 e. The Balaban J connectivity index is 0.000000141. The summed E-state index contributed by atoms with van der Waals surface area (Å²) in [5.41, 5.74) is 16.3. The Hall–Kier alpha value is -12.1. The second kappa shape index (κ2) is 22.4. The molecule has 94 heavy (non-hydrogen) atoms. The van der Waals surface area contributed by atoms with Gasteiger partial charge in [-0.15, -0.1) is 11.3 Å². The molecule has 0 unspecified atom stereocenters. The molecule has 0 radical (unpaired) electrons. The highest BCUT2D eigenvalue weighted by atomic mass is 32.1. The van der Waals surface area contributed by atoms with Crippen LogP contribution in [0.25, 0.3) is 180 Å². The third kappa shape index (κ3) is 8.64. The Labute approximate surface area is 546 Å². The summed E-state index contributed by atoms with van der Waals surface area (Å²) in [6.07, 6.45) is 0. The topological polar surface area (TPSA) is 66.3 Å². The van der Waals surface area contributed by atoms with E-state index in [0.29, 0.717) is 11.9 Å². The van der Waals surface area contributed by atoms with E-state index in [-0.39, 0.29) is 14.9 Å². The van der Waals surface area contributed by atoms with E-state index in [4.69, 9.17) is 19.9 Å². The van der Waals surface area contributed by atoms with E-state index in [1.165, 1.54) is 96.3 Å². The van der Waals surface area contributed by atoms with Gasteiger partial charge in [-0.2, -0.15) is 0 Å². The average Bonchev–Trinajstić information content (AvgIpc) is 1.53. The number of thiophene rings is 1. The van der Waals surface area contributed by atoms with Crippen LogP contribution in [0.1, 0.15) is 14.9 Å². The molecule has 0 aliphatic heterocycles. The van der Waals surface area contributed by atoms with Crippen LogP contribution < -0.4 is 0 Å². The molecule has 0 fully saturated rings. The van der Waals surface area contributed by atoms with Gasteiger partial charge in [0, 0.05) is 80.8 Å². The summed E-state index contributed by atoms with van der Waals surface area (Å²) in [4.78, 5) is 21.2. The highest BCUT2D eigenvalue weighted by Crippen LogP contribution is 2.48. The first-order chi connectivity index (χ1) is 45.7. The largest absolute Gasteiger partial charge is 0.309 e. The second-order valence-corrected chi connectivity index (χ2v) is 24.7. The van der Waals surface area contributed by atoms with E-state index in [1.54, 1.807) is 0 Å². The fraction of sp³-hybridized carbons (Fsp3) is 0.0233. The van der Waals surface area contributed by atoms with Crippen molar-refractivity contribution in [2.45, 2.75) is 14.9 Å². The highest BCUT2D eigenvalue weighted by Gasteiger charge is 2.25. The molecular weight excluding hydrogens is 1160 g/mol. The minimum atomic E-state index is 0. The predicted octanol–water partition coefficient (Wildman–Crippen LogP) is 23.5. The third-order valence-corrected chi connectivity index (χ3v) is 19.7. The summed E-state index contributed by atoms with van der Waals surface area (Å²) in [5.74, 6) is 1.36. The summed E-state index contributed by atoms with van der Waals surface area (Å²) in [7, 11) is 0. The summed E-state index contributed by atoms with van der Waals surface area (Å²) >= 11 is 1.86. The van der Waals surface area contributed by atoms with Crippen LogP contribution in [-0.4, -0.2) is 33.6 Å². The van der Waals surface area contributed by atoms with Crippen molar-refractivity contribution in [3.05, 3.63) is 309 Å². The highest BCUT2D eigenvalue weighted by molar-refractivity contribution is 7.27. The number of benzene rings is 14. The first-order valence-electron chi connectivity index (χ1n) is 31.1. The molecule has 6 heterocycles. The molecule has 0 aliphatic carbocycles. The Morgan fingerprint density at radius 3 is 1.37 bits per heavy atom. The molecule has 6 aromatic heterocycles. The normalized spacial score (nSPS) is 11.7. The van der Waals surface area contributed by atoms with Crippen molar-refractivity contribution in [1.29, 1.82) is 0 Å². The number of rotatable bonds is 6. The van der Waals surface area contributed by atoms with Crippen LogP contribution in [0, 0.1) is 0 Å². The molecule has 14 aromatic carbocycles. The van der Waals surface area contributed by atoms with Gasteiger partial charge in [0.05, 0.1) is 60.2 Å². The molecule has 0 spiro atoms. The zero-order chi connectivity index (χ0) is 60.4.